The van der Waals surface area contributed by atoms with Crippen molar-refractivity contribution in [2.24, 2.45) is 0 Å². The van der Waals surface area contributed by atoms with Gasteiger partial charge in [0.05, 0.1) is 24.0 Å². The smallest absolute Gasteiger partial charge is 0.129 e. The van der Waals surface area contributed by atoms with E-state index in [1.165, 1.54) is 24.4 Å². The van der Waals surface area contributed by atoms with Crippen molar-refractivity contribution in [3.05, 3.63) is 65.7 Å². The zero-order valence-corrected chi connectivity index (χ0v) is 10.4. The molecule has 1 unspecified atom stereocenters. The van der Waals surface area contributed by atoms with Crippen molar-refractivity contribution in [3.63, 3.8) is 0 Å². The van der Waals surface area contributed by atoms with E-state index in [0.29, 0.717) is 11.1 Å². The zero-order chi connectivity index (χ0) is 14.1. The normalized spacial score (nSPS) is 12.8. The molecule has 1 N–H and O–H groups in total. The quantitative estimate of drug-likeness (QED) is 0.798. The monoisotopic (exact) mass is 275 g/mol. The molecule has 0 bridgehead atoms. The SMILES string of the molecule is OC(Cc1c(F)cccc1F)c1cnn2ccncc12. The Morgan fingerprint density at radius 2 is 1.95 bits per heavy atom. The Morgan fingerprint density at radius 1 is 1.20 bits per heavy atom. The molecule has 1 aromatic carbocycles. The number of aliphatic hydroxyl groups excluding tert-OH is 1. The summed E-state index contributed by atoms with van der Waals surface area (Å²) >= 11 is 0. The van der Waals surface area contributed by atoms with Crippen LogP contribution < -0.4 is 0 Å². The molecule has 4 nitrogen and oxygen atoms in total. The standard InChI is InChI=1S/C14H11F2N3O/c15-11-2-1-3-12(16)9(11)6-14(20)10-7-18-19-5-4-17-8-13(10)19/h1-5,7-8,14,20H,6H2. The maximum Gasteiger partial charge on any atom is 0.129 e. The highest BCUT2D eigenvalue weighted by atomic mass is 19.1. The van der Waals surface area contributed by atoms with Crippen LogP contribution in [-0.4, -0.2) is 19.7 Å². The molecule has 6 heteroatoms. The van der Waals surface area contributed by atoms with Crippen molar-refractivity contribution in [1.29, 1.82) is 0 Å². The van der Waals surface area contributed by atoms with Crippen molar-refractivity contribution in [3.8, 4) is 0 Å². The number of halogens is 2. The summed E-state index contributed by atoms with van der Waals surface area (Å²) < 4.78 is 28.7. The number of aromatic nitrogens is 3. The molecule has 2 aromatic heterocycles. The Labute approximate surface area is 113 Å². The number of aliphatic hydroxyl groups is 1. The molecule has 3 aromatic rings. The third kappa shape index (κ3) is 2.14. The lowest BCUT2D eigenvalue weighted by Crippen LogP contribution is -2.05. The summed E-state index contributed by atoms with van der Waals surface area (Å²) in [4.78, 5) is 3.95. The molecule has 0 spiro atoms. The highest BCUT2D eigenvalue weighted by molar-refractivity contribution is 5.52. The largest absolute Gasteiger partial charge is 0.388 e. The van der Waals surface area contributed by atoms with E-state index in [4.69, 9.17) is 0 Å². The average Bonchev–Trinajstić information content (AvgIpc) is 2.87. The van der Waals surface area contributed by atoms with E-state index in [-0.39, 0.29) is 12.0 Å². The van der Waals surface area contributed by atoms with Crippen LogP contribution in [0.25, 0.3) is 5.52 Å². The van der Waals surface area contributed by atoms with E-state index in [0.717, 1.165) is 0 Å². The van der Waals surface area contributed by atoms with Gasteiger partial charge in [0.25, 0.3) is 0 Å². The third-order valence-corrected chi connectivity index (χ3v) is 3.17. The van der Waals surface area contributed by atoms with Crippen LogP contribution in [0.2, 0.25) is 0 Å². The fourth-order valence-electron chi connectivity index (χ4n) is 2.14. The van der Waals surface area contributed by atoms with E-state index >= 15 is 0 Å². The number of hydrogen-bond acceptors (Lipinski definition) is 3. The maximum absolute atomic E-state index is 13.6. The Hall–Kier alpha value is -2.34. The van der Waals surface area contributed by atoms with Crippen LogP contribution in [0.5, 0.6) is 0 Å². The van der Waals surface area contributed by atoms with Crippen LogP contribution in [0, 0.1) is 11.6 Å². The van der Waals surface area contributed by atoms with Crippen molar-refractivity contribution in [2.75, 3.05) is 0 Å². The maximum atomic E-state index is 13.6. The topological polar surface area (TPSA) is 50.4 Å². The van der Waals surface area contributed by atoms with Crippen LogP contribution in [0.15, 0.2) is 43.0 Å². The summed E-state index contributed by atoms with van der Waals surface area (Å²) in [5, 5.41) is 14.3. The second-order valence-electron chi connectivity index (χ2n) is 4.43. The fourth-order valence-corrected chi connectivity index (χ4v) is 2.14. The zero-order valence-electron chi connectivity index (χ0n) is 10.4. The van der Waals surface area contributed by atoms with Gasteiger partial charge in [0, 0.05) is 29.9 Å². The lowest BCUT2D eigenvalue weighted by Gasteiger charge is -2.10. The second kappa shape index (κ2) is 4.97. The van der Waals surface area contributed by atoms with Gasteiger partial charge in [0.15, 0.2) is 0 Å². The molecule has 0 radical (unpaired) electrons. The molecule has 0 aliphatic rings. The van der Waals surface area contributed by atoms with Crippen LogP contribution >= 0.6 is 0 Å². The van der Waals surface area contributed by atoms with Crippen LogP contribution in [-0.2, 0) is 6.42 Å². The summed E-state index contributed by atoms with van der Waals surface area (Å²) in [6, 6.07) is 3.63. The second-order valence-corrected chi connectivity index (χ2v) is 4.43. The van der Waals surface area contributed by atoms with Gasteiger partial charge >= 0.3 is 0 Å². The molecule has 0 aliphatic carbocycles. The Balaban J connectivity index is 1.95. The molecule has 0 saturated carbocycles. The van der Waals surface area contributed by atoms with Crippen molar-refractivity contribution in [2.45, 2.75) is 12.5 Å². The average molecular weight is 275 g/mol. The molecule has 102 valence electrons. The summed E-state index contributed by atoms with van der Waals surface area (Å²) in [7, 11) is 0. The van der Waals surface area contributed by atoms with Gasteiger partial charge in [-0.25, -0.2) is 13.3 Å². The molecule has 20 heavy (non-hydrogen) atoms. The van der Waals surface area contributed by atoms with Gasteiger partial charge in [-0.1, -0.05) is 6.07 Å². The Bertz CT molecular complexity index is 737. The van der Waals surface area contributed by atoms with E-state index in [2.05, 4.69) is 10.1 Å². The number of rotatable bonds is 3. The van der Waals surface area contributed by atoms with E-state index in [1.54, 1.807) is 23.1 Å². The first-order valence-electron chi connectivity index (χ1n) is 6.05. The fraction of sp³-hybridized carbons (Fsp3) is 0.143. The van der Waals surface area contributed by atoms with Crippen LogP contribution in [0.3, 0.4) is 0 Å². The van der Waals surface area contributed by atoms with E-state index in [9.17, 15) is 13.9 Å². The van der Waals surface area contributed by atoms with Gasteiger partial charge in [0.1, 0.15) is 11.6 Å². The molecule has 0 saturated heterocycles. The molecule has 3 rings (SSSR count). The lowest BCUT2D eigenvalue weighted by molar-refractivity contribution is 0.177. The Kier molecular flexibility index (Phi) is 3.15. The van der Waals surface area contributed by atoms with E-state index < -0.39 is 17.7 Å². The highest BCUT2D eigenvalue weighted by Crippen LogP contribution is 2.24. The summed E-state index contributed by atoms with van der Waals surface area (Å²) in [5.74, 6) is -1.34. The van der Waals surface area contributed by atoms with Crippen LogP contribution in [0.1, 0.15) is 17.2 Å². The molecule has 0 aliphatic heterocycles. The lowest BCUT2D eigenvalue weighted by atomic mass is 10.0. The summed E-state index contributed by atoms with van der Waals surface area (Å²) in [5.41, 5.74) is 0.959. The molecule has 0 amide bonds. The number of nitrogens with zero attached hydrogens (tertiary/aromatic N) is 3. The first-order chi connectivity index (χ1) is 9.66. The predicted molar refractivity (Wildman–Crippen MR) is 68.0 cm³/mol. The molecular formula is C14H11F2N3O. The van der Waals surface area contributed by atoms with E-state index in [1.807, 2.05) is 0 Å². The third-order valence-electron chi connectivity index (χ3n) is 3.17. The molecule has 1 atom stereocenters. The number of fused-ring (bicyclic) bond motifs is 1. The number of hydrogen-bond donors (Lipinski definition) is 1. The molecule has 2 heterocycles. The minimum absolute atomic E-state index is 0.136. The van der Waals surface area contributed by atoms with Gasteiger partial charge in [-0.2, -0.15) is 5.10 Å². The predicted octanol–water partition coefficient (Wildman–Crippen LogP) is 2.28. The molecular weight excluding hydrogens is 264 g/mol. The van der Waals surface area contributed by atoms with Gasteiger partial charge in [-0.3, -0.25) is 4.98 Å². The van der Waals surface area contributed by atoms with Crippen molar-refractivity contribution < 1.29 is 13.9 Å². The van der Waals surface area contributed by atoms with Gasteiger partial charge in [-0.15, -0.1) is 0 Å². The molecule has 0 fully saturated rings. The summed E-state index contributed by atoms with van der Waals surface area (Å²) in [6.07, 6.45) is 5.00. The van der Waals surface area contributed by atoms with Crippen LogP contribution in [0.4, 0.5) is 8.78 Å². The summed E-state index contributed by atoms with van der Waals surface area (Å²) in [6.45, 7) is 0. The Morgan fingerprint density at radius 3 is 2.70 bits per heavy atom. The van der Waals surface area contributed by atoms with Gasteiger partial charge in [-0.05, 0) is 12.1 Å². The van der Waals surface area contributed by atoms with Crippen molar-refractivity contribution in [1.82, 2.24) is 14.6 Å². The van der Waals surface area contributed by atoms with Gasteiger partial charge in [0.2, 0.25) is 0 Å². The first kappa shape index (κ1) is 12.7. The van der Waals surface area contributed by atoms with Crippen molar-refractivity contribution >= 4 is 5.52 Å². The number of benzene rings is 1. The highest BCUT2D eigenvalue weighted by Gasteiger charge is 2.18. The first-order valence-corrected chi connectivity index (χ1v) is 6.05. The minimum Gasteiger partial charge on any atom is -0.388 e. The van der Waals surface area contributed by atoms with Gasteiger partial charge < -0.3 is 5.11 Å². The minimum atomic E-state index is -1.05.